The molecule has 0 aliphatic carbocycles. The zero-order valence-electron chi connectivity index (χ0n) is 12.7. The van der Waals surface area contributed by atoms with Crippen molar-refractivity contribution in [3.05, 3.63) is 0 Å². The van der Waals surface area contributed by atoms with E-state index in [0.717, 1.165) is 18.2 Å². The molecule has 1 unspecified atom stereocenters. The van der Waals surface area contributed by atoms with Gasteiger partial charge in [0.1, 0.15) is 6.04 Å². The topological polar surface area (TPSA) is 83.9 Å². The lowest BCUT2D eigenvalue weighted by Crippen LogP contribution is -2.43. The monoisotopic (exact) mass is 317 g/mol. The van der Waals surface area contributed by atoms with Crippen molar-refractivity contribution in [2.24, 2.45) is 5.92 Å². The molecule has 0 bridgehead atoms. The summed E-state index contributed by atoms with van der Waals surface area (Å²) in [6, 6.07) is -0.830. The second kappa shape index (κ2) is 8.38. The predicted octanol–water partition coefficient (Wildman–Crippen LogP) is 1.38. The summed E-state index contributed by atoms with van der Waals surface area (Å²) in [7, 11) is 0. The first-order valence-electron chi connectivity index (χ1n) is 7.15. The van der Waals surface area contributed by atoms with Crippen molar-refractivity contribution in [2.75, 3.05) is 18.9 Å². The molecule has 1 rings (SSSR count). The Labute approximate surface area is 129 Å². The number of carboxylic acid groups (broad SMARTS) is 1. The number of hydrogen-bond acceptors (Lipinski definition) is 5. The number of rotatable bonds is 7. The van der Waals surface area contributed by atoms with Gasteiger partial charge in [0.2, 0.25) is 5.91 Å². The maximum absolute atomic E-state index is 12.4. The van der Waals surface area contributed by atoms with Crippen LogP contribution in [0.15, 0.2) is 0 Å². The van der Waals surface area contributed by atoms with Gasteiger partial charge in [-0.15, -0.1) is 0 Å². The van der Waals surface area contributed by atoms with E-state index in [1.54, 1.807) is 6.92 Å². The Morgan fingerprint density at radius 3 is 2.62 bits per heavy atom. The lowest BCUT2D eigenvalue weighted by Gasteiger charge is -2.24. The van der Waals surface area contributed by atoms with Crippen LogP contribution in [0.5, 0.6) is 0 Å². The molecule has 120 valence electrons. The first-order valence-corrected chi connectivity index (χ1v) is 8.13. The molecule has 0 saturated carbocycles. The molecule has 0 radical (unpaired) electrons. The largest absolute Gasteiger partial charge is 0.480 e. The molecule has 1 saturated heterocycles. The first-order chi connectivity index (χ1) is 9.86. The summed E-state index contributed by atoms with van der Waals surface area (Å²) in [6.45, 7) is 6.02. The highest BCUT2D eigenvalue weighted by Crippen LogP contribution is 2.24. The van der Waals surface area contributed by atoms with E-state index in [9.17, 15) is 19.5 Å². The Hall–Kier alpha value is -1.08. The van der Waals surface area contributed by atoms with Crippen molar-refractivity contribution >= 4 is 28.8 Å². The number of amides is 1. The lowest BCUT2D eigenvalue weighted by molar-refractivity contribution is -0.149. The van der Waals surface area contributed by atoms with Gasteiger partial charge in [-0.1, -0.05) is 25.6 Å². The van der Waals surface area contributed by atoms with Crippen molar-refractivity contribution in [2.45, 2.75) is 45.8 Å². The zero-order valence-corrected chi connectivity index (χ0v) is 13.5. The van der Waals surface area contributed by atoms with E-state index < -0.39 is 12.0 Å². The van der Waals surface area contributed by atoms with E-state index in [1.165, 1.54) is 11.8 Å². The van der Waals surface area contributed by atoms with Gasteiger partial charge in [-0.2, -0.15) is 0 Å². The highest BCUT2D eigenvalue weighted by Gasteiger charge is 2.41. The molecule has 1 N–H and O–H groups in total. The van der Waals surface area contributed by atoms with E-state index in [2.05, 4.69) is 0 Å². The van der Waals surface area contributed by atoms with E-state index >= 15 is 0 Å². The van der Waals surface area contributed by atoms with Gasteiger partial charge < -0.3 is 14.7 Å². The van der Waals surface area contributed by atoms with Gasteiger partial charge in [-0.05, 0) is 6.42 Å². The third-order valence-corrected chi connectivity index (χ3v) is 4.42. The zero-order chi connectivity index (χ0) is 16.0. The number of carboxylic acids is 1. The highest BCUT2D eigenvalue weighted by molar-refractivity contribution is 8.13. The molecule has 1 aliphatic rings. The number of nitrogens with zero attached hydrogens (tertiary/aromatic N) is 1. The average molecular weight is 317 g/mol. The van der Waals surface area contributed by atoms with E-state index in [-0.39, 0.29) is 23.0 Å². The molecule has 21 heavy (non-hydrogen) atoms. The van der Waals surface area contributed by atoms with Gasteiger partial charge >= 0.3 is 5.97 Å². The van der Waals surface area contributed by atoms with Crippen LogP contribution in [-0.4, -0.2) is 58.0 Å². The molecule has 0 aromatic heterocycles. The van der Waals surface area contributed by atoms with Crippen molar-refractivity contribution in [1.82, 2.24) is 4.90 Å². The highest BCUT2D eigenvalue weighted by atomic mass is 32.2. The van der Waals surface area contributed by atoms with Crippen LogP contribution in [0.3, 0.4) is 0 Å². The number of likely N-dealkylation sites (tertiary alicyclic amines) is 1. The normalized spacial score (nSPS) is 23.1. The summed E-state index contributed by atoms with van der Waals surface area (Å²) < 4.78 is 5.57. The molecule has 0 aromatic rings. The summed E-state index contributed by atoms with van der Waals surface area (Å²) >= 11 is 1.09. The molecule has 1 amide bonds. The number of carbonyl (C=O) groups is 3. The molecule has 7 heteroatoms. The van der Waals surface area contributed by atoms with Gasteiger partial charge in [0.25, 0.3) is 0 Å². The molecule has 1 fully saturated rings. The molecular formula is C14H23NO5S. The van der Waals surface area contributed by atoms with Crippen molar-refractivity contribution < 1.29 is 24.2 Å². The summed E-state index contributed by atoms with van der Waals surface area (Å²) in [5.74, 6) is -1.24. The number of carbonyl (C=O) groups excluding carboxylic acids is 2. The molecular weight excluding hydrogens is 294 g/mol. The van der Waals surface area contributed by atoms with Crippen molar-refractivity contribution in [1.29, 1.82) is 0 Å². The average Bonchev–Trinajstić information content (AvgIpc) is 2.85. The Balaban J connectivity index is 2.66. The minimum atomic E-state index is -1.00. The number of hydrogen-bond donors (Lipinski definition) is 1. The molecule has 6 nitrogen and oxygen atoms in total. The van der Waals surface area contributed by atoms with Gasteiger partial charge in [0.15, 0.2) is 5.12 Å². The number of ether oxygens (including phenoxy) is 1. The summed E-state index contributed by atoms with van der Waals surface area (Å²) in [4.78, 5) is 36.0. The smallest absolute Gasteiger partial charge is 0.326 e. The maximum Gasteiger partial charge on any atom is 0.326 e. The van der Waals surface area contributed by atoms with Gasteiger partial charge in [-0.25, -0.2) is 4.79 Å². The summed E-state index contributed by atoms with van der Waals surface area (Å²) in [5.41, 5.74) is 0. The Morgan fingerprint density at radius 1 is 1.43 bits per heavy atom. The SMILES string of the molecule is CCCO[C@@H]1C[C@@H](C(=O)O)N(C(=O)C(C)CSC(C)=O)C1. The summed E-state index contributed by atoms with van der Waals surface area (Å²) in [5, 5.41) is 9.22. The fourth-order valence-corrected chi connectivity index (χ4v) is 2.90. The maximum atomic E-state index is 12.4. The van der Waals surface area contributed by atoms with E-state index in [4.69, 9.17) is 4.74 Å². The van der Waals surface area contributed by atoms with Crippen LogP contribution in [0.25, 0.3) is 0 Å². The predicted molar refractivity (Wildman–Crippen MR) is 80.1 cm³/mol. The quantitative estimate of drug-likeness (QED) is 0.764. The van der Waals surface area contributed by atoms with Crippen LogP contribution in [0, 0.1) is 5.92 Å². The third kappa shape index (κ3) is 5.32. The van der Waals surface area contributed by atoms with Crippen LogP contribution in [0.2, 0.25) is 0 Å². The second-order valence-corrected chi connectivity index (χ2v) is 6.47. The third-order valence-electron chi connectivity index (χ3n) is 3.35. The van der Waals surface area contributed by atoms with Crippen LogP contribution in [0.1, 0.15) is 33.6 Å². The molecule has 3 atom stereocenters. The van der Waals surface area contributed by atoms with Crippen LogP contribution in [0.4, 0.5) is 0 Å². The fourth-order valence-electron chi connectivity index (χ4n) is 2.28. The van der Waals surface area contributed by atoms with Crippen LogP contribution >= 0.6 is 11.8 Å². The minimum Gasteiger partial charge on any atom is -0.480 e. The fraction of sp³-hybridized carbons (Fsp3) is 0.786. The van der Waals surface area contributed by atoms with E-state index in [1.807, 2.05) is 6.92 Å². The standard InChI is InChI=1S/C14H23NO5S/c1-4-5-20-11-6-12(14(18)19)15(7-11)13(17)9(2)8-21-10(3)16/h9,11-12H,4-8H2,1-3H3,(H,18,19)/t9?,11-,12+/m1/s1. The molecule has 1 aliphatic heterocycles. The Bertz CT molecular complexity index is 401. The lowest BCUT2D eigenvalue weighted by atomic mass is 10.1. The molecule has 1 heterocycles. The van der Waals surface area contributed by atoms with E-state index in [0.29, 0.717) is 25.3 Å². The van der Waals surface area contributed by atoms with Gasteiger partial charge in [0, 0.05) is 38.2 Å². The summed E-state index contributed by atoms with van der Waals surface area (Å²) in [6.07, 6.45) is 0.962. The van der Waals surface area contributed by atoms with Gasteiger partial charge in [0.05, 0.1) is 6.10 Å². The van der Waals surface area contributed by atoms with Gasteiger partial charge in [-0.3, -0.25) is 9.59 Å². The number of aliphatic carboxylic acids is 1. The van der Waals surface area contributed by atoms with Crippen molar-refractivity contribution in [3.8, 4) is 0 Å². The number of thioether (sulfide) groups is 1. The second-order valence-electron chi connectivity index (χ2n) is 5.28. The molecule has 0 spiro atoms. The Kier molecular flexibility index (Phi) is 7.17. The minimum absolute atomic E-state index is 0.0463. The first kappa shape index (κ1) is 18.0. The van der Waals surface area contributed by atoms with Crippen LogP contribution in [-0.2, 0) is 19.1 Å². The van der Waals surface area contributed by atoms with Crippen molar-refractivity contribution in [3.63, 3.8) is 0 Å². The van der Waals surface area contributed by atoms with Crippen LogP contribution < -0.4 is 0 Å². The molecule has 0 aromatic carbocycles. The Morgan fingerprint density at radius 2 is 2.10 bits per heavy atom.